The quantitative estimate of drug-likeness (QED) is 0.694. The van der Waals surface area contributed by atoms with E-state index in [0.29, 0.717) is 5.82 Å². The summed E-state index contributed by atoms with van der Waals surface area (Å²) in [5.41, 5.74) is -0.130. The molecule has 4 unspecified atom stereocenters. The number of pyridine rings is 1. The van der Waals surface area contributed by atoms with Gasteiger partial charge < -0.3 is 9.80 Å². The molecular formula is C21H26ClF2N3O2S. The van der Waals surface area contributed by atoms with E-state index in [9.17, 15) is 17.8 Å². The van der Waals surface area contributed by atoms with E-state index in [-0.39, 0.29) is 35.0 Å². The molecule has 0 aromatic carbocycles. The van der Waals surface area contributed by atoms with E-state index in [1.165, 1.54) is 17.9 Å². The topological polar surface area (TPSA) is 53.5 Å². The van der Waals surface area contributed by atoms with Gasteiger partial charge in [-0.1, -0.05) is 11.6 Å². The van der Waals surface area contributed by atoms with Crippen LogP contribution >= 0.6 is 11.6 Å². The van der Waals surface area contributed by atoms with Crippen molar-refractivity contribution in [2.24, 2.45) is 0 Å². The highest BCUT2D eigenvalue weighted by Crippen LogP contribution is 2.41. The number of carbonyl (C=O) groups excluding carboxylic acids is 1. The summed E-state index contributed by atoms with van der Waals surface area (Å²) in [5.74, 6) is 0.671. The van der Waals surface area contributed by atoms with Crippen molar-refractivity contribution in [1.29, 1.82) is 0 Å². The molecule has 1 aliphatic heterocycles. The number of aryl methyl sites for hydroxylation is 2. The van der Waals surface area contributed by atoms with Gasteiger partial charge in [-0.25, -0.2) is 13.8 Å². The zero-order valence-corrected chi connectivity index (χ0v) is 18.8. The normalized spacial score (nSPS) is 34.1. The second-order valence-electron chi connectivity index (χ2n) is 8.76. The molecule has 3 aliphatic rings. The largest absolute Gasteiger partial charge is 0.332 e. The van der Waals surface area contributed by atoms with Crippen LogP contribution in [-0.2, 0) is 15.6 Å². The summed E-state index contributed by atoms with van der Waals surface area (Å²) in [5, 5.41) is -0.0670. The predicted octanol–water partition coefficient (Wildman–Crippen LogP) is 3.55. The third-order valence-corrected chi connectivity index (χ3v) is 7.72. The Labute approximate surface area is 182 Å². The smallest absolute Gasteiger partial charge is 0.247 e. The van der Waals surface area contributed by atoms with Crippen molar-refractivity contribution < 1.29 is 17.8 Å². The zero-order chi connectivity index (χ0) is 21.8. The van der Waals surface area contributed by atoms with Crippen molar-refractivity contribution in [1.82, 2.24) is 9.88 Å². The van der Waals surface area contributed by atoms with Gasteiger partial charge in [0.05, 0.1) is 22.7 Å². The first-order chi connectivity index (χ1) is 14.1. The highest BCUT2D eigenvalue weighted by atomic mass is 35.5. The summed E-state index contributed by atoms with van der Waals surface area (Å²) in [6, 6.07) is 2.08. The molecular weight excluding hydrogens is 432 g/mol. The molecule has 1 aromatic rings. The molecule has 30 heavy (non-hydrogen) atoms. The van der Waals surface area contributed by atoms with Crippen LogP contribution in [0.25, 0.3) is 0 Å². The summed E-state index contributed by atoms with van der Waals surface area (Å²) in [4.78, 5) is 21.4. The van der Waals surface area contributed by atoms with Crippen LogP contribution in [0.15, 0.2) is 23.2 Å². The van der Waals surface area contributed by atoms with Crippen LogP contribution in [0.2, 0.25) is 0 Å². The van der Waals surface area contributed by atoms with Gasteiger partial charge in [0.1, 0.15) is 23.7 Å². The lowest BCUT2D eigenvalue weighted by atomic mass is 9.88. The highest BCUT2D eigenvalue weighted by Gasteiger charge is 2.49. The Balaban J connectivity index is 1.66. The molecule has 2 aliphatic carbocycles. The number of alkyl halides is 2. The molecule has 9 heteroatoms. The summed E-state index contributed by atoms with van der Waals surface area (Å²) in [6.07, 6.45) is 0.946. The molecule has 1 saturated carbocycles. The van der Waals surface area contributed by atoms with Crippen molar-refractivity contribution in [2.45, 2.75) is 70.0 Å². The standard InChI is InChI=1S/C21H26ClF2N3O2S/c1-12-6-13(2)25-19(7-12)26-11-30(29)10-17(26)20(28)27(14-4-5-14)16-8-18(22)21(3,24)9-15(16)23/h6-8,14-17H,4-5,9-11H2,1-3H3/t15?,16?,17-,21?,30?/m0/s1. The van der Waals surface area contributed by atoms with Crippen LogP contribution in [0.4, 0.5) is 14.6 Å². The van der Waals surface area contributed by atoms with Crippen LogP contribution in [-0.4, -0.2) is 61.6 Å². The number of carbonyl (C=O) groups is 1. The molecule has 1 amide bonds. The van der Waals surface area contributed by atoms with E-state index < -0.39 is 34.7 Å². The number of rotatable bonds is 4. The first-order valence-electron chi connectivity index (χ1n) is 10.2. The van der Waals surface area contributed by atoms with Gasteiger partial charge in [-0.05, 0) is 57.4 Å². The van der Waals surface area contributed by atoms with Crippen molar-refractivity contribution in [2.75, 3.05) is 16.5 Å². The Bertz CT molecular complexity index is 901. The van der Waals surface area contributed by atoms with E-state index in [2.05, 4.69) is 4.98 Å². The van der Waals surface area contributed by atoms with Crippen LogP contribution in [0.3, 0.4) is 0 Å². The second-order valence-corrected chi connectivity index (χ2v) is 10.6. The molecule has 164 valence electrons. The number of nitrogens with zero attached hydrogens (tertiary/aromatic N) is 3. The van der Waals surface area contributed by atoms with E-state index in [1.807, 2.05) is 26.0 Å². The fraction of sp³-hybridized carbons (Fsp3) is 0.619. The molecule has 5 nitrogen and oxygen atoms in total. The Morgan fingerprint density at radius 2 is 2.07 bits per heavy atom. The lowest BCUT2D eigenvalue weighted by molar-refractivity contribution is -0.136. The van der Waals surface area contributed by atoms with Gasteiger partial charge in [0, 0.05) is 29.0 Å². The Kier molecular flexibility index (Phi) is 5.68. The average Bonchev–Trinajstić information content (AvgIpc) is 3.39. The van der Waals surface area contributed by atoms with Crippen LogP contribution < -0.4 is 4.90 Å². The second kappa shape index (κ2) is 7.86. The number of allylic oxidation sites excluding steroid dienone is 1. The number of aromatic nitrogens is 1. The first kappa shape index (κ1) is 21.7. The third-order valence-electron chi connectivity index (χ3n) is 5.95. The third kappa shape index (κ3) is 4.13. The molecule has 0 radical (unpaired) electrons. The minimum absolute atomic E-state index is 0.0670. The number of amides is 1. The molecule has 1 saturated heterocycles. The zero-order valence-electron chi connectivity index (χ0n) is 17.3. The maximum atomic E-state index is 15.0. The average molecular weight is 458 g/mol. The SMILES string of the molecule is Cc1cc(C)nc(N2CS(=O)C[C@H]2C(=O)N(C2CC2)C2C=C(Cl)C(C)(F)CC2F)c1. The molecule has 4 rings (SSSR count). The predicted molar refractivity (Wildman–Crippen MR) is 114 cm³/mol. The fourth-order valence-electron chi connectivity index (χ4n) is 4.32. The van der Waals surface area contributed by atoms with Crippen molar-refractivity contribution in [3.63, 3.8) is 0 Å². The number of anilines is 1. The monoisotopic (exact) mass is 457 g/mol. The molecule has 2 fully saturated rings. The van der Waals surface area contributed by atoms with E-state index in [1.54, 1.807) is 4.90 Å². The van der Waals surface area contributed by atoms with E-state index in [4.69, 9.17) is 11.6 Å². The number of hydrogen-bond acceptors (Lipinski definition) is 4. The molecule has 0 N–H and O–H groups in total. The molecule has 0 bridgehead atoms. The summed E-state index contributed by atoms with van der Waals surface area (Å²) in [6.45, 7) is 5.06. The number of halogens is 3. The molecule has 1 aromatic heterocycles. The molecule has 5 atom stereocenters. The van der Waals surface area contributed by atoms with Crippen molar-refractivity contribution in [3.8, 4) is 0 Å². The van der Waals surface area contributed by atoms with Gasteiger partial charge in [0.25, 0.3) is 0 Å². The Morgan fingerprint density at radius 3 is 2.70 bits per heavy atom. The Morgan fingerprint density at radius 1 is 1.37 bits per heavy atom. The van der Waals surface area contributed by atoms with Gasteiger partial charge in [-0.3, -0.25) is 9.00 Å². The lowest BCUT2D eigenvalue weighted by Gasteiger charge is -2.40. The van der Waals surface area contributed by atoms with Gasteiger partial charge in [0.15, 0.2) is 0 Å². The summed E-state index contributed by atoms with van der Waals surface area (Å²) in [7, 11) is -1.22. The Hall–Kier alpha value is -1.54. The van der Waals surface area contributed by atoms with Crippen LogP contribution in [0.5, 0.6) is 0 Å². The van der Waals surface area contributed by atoms with Gasteiger partial charge in [-0.2, -0.15) is 0 Å². The molecule has 2 heterocycles. The van der Waals surface area contributed by atoms with Crippen molar-refractivity contribution in [3.05, 3.63) is 34.5 Å². The van der Waals surface area contributed by atoms with Gasteiger partial charge in [-0.15, -0.1) is 0 Å². The highest BCUT2D eigenvalue weighted by molar-refractivity contribution is 7.85. The first-order valence-corrected chi connectivity index (χ1v) is 12.0. The maximum Gasteiger partial charge on any atom is 0.247 e. The van der Waals surface area contributed by atoms with E-state index in [0.717, 1.165) is 24.1 Å². The summed E-state index contributed by atoms with van der Waals surface area (Å²) < 4.78 is 41.9. The lowest BCUT2D eigenvalue weighted by Crippen LogP contribution is -2.56. The van der Waals surface area contributed by atoms with Crippen molar-refractivity contribution >= 4 is 34.1 Å². The van der Waals surface area contributed by atoms with E-state index >= 15 is 0 Å². The summed E-state index contributed by atoms with van der Waals surface area (Å²) >= 11 is 6.10. The fourth-order valence-corrected chi connectivity index (χ4v) is 5.93. The van der Waals surface area contributed by atoms with Crippen LogP contribution in [0, 0.1) is 13.8 Å². The maximum absolute atomic E-state index is 15.0. The molecule has 0 spiro atoms. The number of hydrogen-bond donors (Lipinski definition) is 0. The van der Waals surface area contributed by atoms with Crippen LogP contribution in [0.1, 0.15) is 37.4 Å². The minimum Gasteiger partial charge on any atom is -0.332 e. The van der Waals surface area contributed by atoms with Gasteiger partial charge in [0.2, 0.25) is 5.91 Å². The van der Waals surface area contributed by atoms with Gasteiger partial charge >= 0.3 is 0 Å². The minimum atomic E-state index is -1.93.